The molecular weight excluding hydrogens is 384 g/mol. The van der Waals surface area contributed by atoms with E-state index in [2.05, 4.69) is 37.3 Å². The number of allylic oxidation sites excluding steroid dienone is 4. The molecule has 0 N–H and O–H groups in total. The quantitative estimate of drug-likeness (QED) is 0.269. The SMILES string of the molecule is CC/C=C\C/C=C\C[C@H]1OC(=O)CCC/C=C\C[C@@H](OCOC)/C=C/[C@@H]1OCOC. The first-order valence-corrected chi connectivity index (χ1v) is 10.7. The molecule has 0 aromatic heterocycles. The van der Waals surface area contributed by atoms with Crippen LogP contribution in [0, 0.1) is 0 Å². The summed E-state index contributed by atoms with van der Waals surface area (Å²) in [7, 11) is 3.17. The van der Waals surface area contributed by atoms with E-state index in [1.165, 1.54) is 0 Å². The maximum Gasteiger partial charge on any atom is 0.306 e. The molecule has 1 aliphatic rings. The van der Waals surface area contributed by atoms with Gasteiger partial charge in [-0.1, -0.05) is 55.5 Å². The number of hydrogen-bond acceptors (Lipinski definition) is 6. The normalized spacial score (nSPS) is 26.1. The first-order chi connectivity index (χ1) is 14.7. The van der Waals surface area contributed by atoms with Crippen LogP contribution in [0.4, 0.5) is 0 Å². The van der Waals surface area contributed by atoms with Crippen LogP contribution in [-0.2, 0) is 28.5 Å². The van der Waals surface area contributed by atoms with Crippen molar-refractivity contribution in [1.29, 1.82) is 0 Å². The van der Waals surface area contributed by atoms with Crippen molar-refractivity contribution in [3.05, 3.63) is 48.6 Å². The number of hydrogen-bond donors (Lipinski definition) is 0. The Balaban J connectivity index is 2.96. The van der Waals surface area contributed by atoms with Crippen LogP contribution < -0.4 is 0 Å². The van der Waals surface area contributed by atoms with Gasteiger partial charge in [-0.05, 0) is 32.1 Å². The molecule has 0 aromatic carbocycles. The van der Waals surface area contributed by atoms with Crippen LogP contribution in [0.25, 0.3) is 0 Å². The lowest BCUT2D eigenvalue weighted by Gasteiger charge is -2.24. The van der Waals surface area contributed by atoms with Crippen molar-refractivity contribution in [2.75, 3.05) is 27.8 Å². The van der Waals surface area contributed by atoms with Gasteiger partial charge in [-0.3, -0.25) is 4.79 Å². The fourth-order valence-corrected chi connectivity index (χ4v) is 2.88. The molecule has 0 spiro atoms. The molecule has 170 valence electrons. The molecule has 0 radical (unpaired) electrons. The van der Waals surface area contributed by atoms with E-state index >= 15 is 0 Å². The summed E-state index contributed by atoms with van der Waals surface area (Å²) in [6.45, 7) is 2.42. The minimum absolute atomic E-state index is 0.107. The van der Waals surface area contributed by atoms with Crippen LogP contribution in [0.15, 0.2) is 48.6 Å². The molecule has 0 saturated heterocycles. The van der Waals surface area contributed by atoms with Gasteiger partial charge < -0.3 is 23.7 Å². The lowest BCUT2D eigenvalue weighted by atomic mass is 10.1. The third kappa shape index (κ3) is 12.8. The van der Waals surface area contributed by atoms with E-state index in [1.54, 1.807) is 14.2 Å². The number of rotatable bonds is 11. The van der Waals surface area contributed by atoms with Crippen molar-refractivity contribution in [2.24, 2.45) is 0 Å². The molecule has 3 atom stereocenters. The summed E-state index contributed by atoms with van der Waals surface area (Å²) >= 11 is 0. The van der Waals surface area contributed by atoms with E-state index in [0.717, 1.165) is 32.1 Å². The first kappa shape index (κ1) is 26.3. The maximum atomic E-state index is 12.4. The zero-order valence-corrected chi connectivity index (χ0v) is 18.7. The summed E-state index contributed by atoms with van der Waals surface area (Å²) in [4.78, 5) is 12.4. The molecule has 6 heteroatoms. The van der Waals surface area contributed by atoms with Gasteiger partial charge >= 0.3 is 5.97 Å². The molecule has 1 heterocycles. The summed E-state index contributed by atoms with van der Waals surface area (Å²) in [5.74, 6) is -0.210. The zero-order chi connectivity index (χ0) is 21.9. The van der Waals surface area contributed by atoms with Crippen molar-refractivity contribution in [1.82, 2.24) is 0 Å². The second-order valence-electron chi connectivity index (χ2n) is 6.98. The van der Waals surface area contributed by atoms with Crippen LogP contribution >= 0.6 is 0 Å². The number of cyclic esters (lactones) is 1. The van der Waals surface area contributed by atoms with Gasteiger partial charge in [0, 0.05) is 27.1 Å². The van der Waals surface area contributed by atoms with Gasteiger partial charge in [0.25, 0.3) is 0 Å². The van der Waals surface area contributed by atoms with Gasteiger partial charge in [-0.15, -0.1) is 0 Å². The molecule has 30 heavy (non-hydrogen) atoms. The molecule has 0 aliphatic carbocycles. The van der Waals surface area contributed by atoms with Crippen molar-refractivity contribution >= 4 is 5.97 Å². The van der Waals surface area contributed by atoms with Crippen LogP contribution in [0.2, 0.25) is 0 Å². The number of esters is 1. The van der Waals surface area contributed by atoms with E-state index in [1.807, 2.05) is 18.2 Å². The molecule has 0 saturated carbocycles. The van der Waals surface area contributed by atoms with Crippen molar-refractivity contribution in [2.45, 2.75) is 70.2 Å². The van der Waals surface area contributed by atoms with E-state index in [4.69, 9.17) is 23.7 Å². The van der Waals surface area contributed by atoms with Crippen LogP contribution in [0.5, 0.6) is 0 Å². The molecule has 1 aliphatic heterocycles. The summed E-state index contributed by atoms with van der Waals surface area (Å²) in [6.07, 6.45) is 20.4. The maximum absolute atomic E-state index is 12.4. The predicted octanol–water partition coefficient (Wildman–Crippen LogP) is 4.87. The number of carbonyl (C=O) groups excluding carboxylic acids is 1. The van der Waals surface area contributed by atoms with E-state index in [0.29, 0.717) is 12.8 Å². The number of methoxy groups -OCH3 is 2. The third-order valence-electron chi connectivity index (χ3n) is 4.44. The summed E-state index contributed by atoms with van der Waals surface area (Å²) < 4.78 is 27.5. The second kappa shape index (κ2) is 18.1. The average molecular weight is 423 g/mol. The Morgan fingerprint density at radius 1 is 1.03 bits per heavy atom. The Kier molecular flexibility index (Phi) is 15.8. The topological polar surface area (TPSA) is 63.2 Å². The second-order valence-corrected chi connectivity index (χ2v) is 6.98. The molecule has 0 fully saturated rings. The Hall–Kier alpha value is -1.73. The fraction of sp³-hybridized carbons (Fsp3) is 0.625. The van der Waals surface area contributed by atoms with Gasteiger partial charge in [0.05, 0.1) is 6.10 Å². The summed E-state index contributed by atoms with van der Waals surface area (Å²) in [5.41, 5.74) is 0. The molecular formula is C24H38O6. The van der Waals surface area contributed by atoms with Crippen molar-refractivity contribution in [3.8, 4) is 0 Å². The molecule has 0 unspecified atom stereocenters. The standard InChI is InChI=1S/C24H38O6/c1-4-5-6-7-8-12-15-23-22(29-20-27-3)18-17-21(28-19-26-2)14-11-9-10-13-16-24(25)30-23/h5-6,8-9,11-12,17-18,21-23H,4,7,10,13-16,19-20H2,1-3H3/b6-5-,11-9-,12-8-,18-17+/t21-,22+,23-/m1/s1. The first-order valence-electron chi connectivity index (χ1n) is 10.7. The van der Waals surface area contributed by atoms with Gasteiger partial charge in [-0.2, -0.15) is 0 Å². The van der Waals surface area contributed by atoms with E-state index < -0.39 is 12.2 Å². The van der Waals surface area contributed by atoms with E-state index in [-0.39, 0.29) is 25.7 Å². The highest BCUT2D eigenvalue weighted by atomic mass is 16.7. The van der Waals surface area contributed by atoms with Gasteiger partial charge in [0.1, 0.15) is 25.8 Å². The lowest BCUT2D eigenvalue weighted by molar-refractivity contribution is -0.160. The van der Waals surface area contributed by atoms with Gasteiger partial charge in [0.2, 0.25) is 0 Å². The lowest BCUT2D eigenvalue weighted by Crippen LogP contribution is -2.33. The highest BCUT2D eigenvalue weighted by Gasteiger charge is 2.24. The Labute approximate surface area is 181 Å². The smallest absolute Gasteiger partial charge is 0.306 e. The number of ether oxygens (including phenoxy) is 5. The van der Waals surface area contributed by atoms with Crippen molar-refractivity contribution < 1.29 is 28.5 Å². The van der Waals surface area contributed by atoms with E-state index in [9.17, 15) is 4.79 Å². The largest absolute Gasteiger partial charge is 0.459 e. The van der Waals surface area contributed by atoms with Gasteiger partial charge in [0.15, 0.2) is 0 Å². The fourth-order valence-electron chi connectivity index (χ4n) is 2.88. The molecule has 0 amide bonds. The summed E-state index contributed by atoms with van der Waals surface area (Å²) in [6, 6.07) is 0. The zero-order valence-electron chi connectivity index (χ0n) is 18.7. The van der Waals surface area contributed by atoms with Crippen LogP contribution in [0.1, 0.15) is 51.9 Å². The monoisotopic (exact) mass is 422 g/mol. The highest BCUT2D eigenvalue weighted by Crippen LogP contribution is 2.16. The minimum atomic E-state index is -0.442. The number of carbonyl (C=O) groups is 1. The minimum Gasteiger partial charge on any atom is -0.459 e. The average Bonchev–Trinajstić information content (AvgIpc) is 2.76. The molecule has 0 aromatic rings. The highest BCUT2D eigenvalue weighted by molar-refractivity contribution is 5.69. The van der Waals surface area contributed by atoms with Crippen LogP contribution in [-0.4, -0.2) is 52.1 Å². The van der Waals surface area contributed by atoms with Crippen molar-refractivity contribution in [3.63, 3.8) is 0 Å². The van der Waals surface area contributed by atoms with Crippen LogP contribution in [0.3, 0.4) is 0 Å². The Bertz CT molecular complexity index is 552. The molecule has 1 rings (SSSR count). The predicted molar refractivity (Wildman–Crippen MR) is 118 cm³/mol. The molecule has 6 nitrogen and oxygen atoms in total. The Morgan fingerprint density at radius 2 is 1.80 bits per heavy atom. The molecule has 0 bridgehead atoms. The Morgan fingerprint density at radius 3 is 2.57 bits per heavy atom. The summed E-state index contributed by atoms with van der Waals surface area (Å²) in [5, 5.41) is 0. The van der Waals surface area contributed by atoms with Gasteiger partial charge in [-0.25, -0.2) is 0 Å². The third-order valence-corrected chi connectivity index (χ3v) is 4.44.